The van der Waals surface area contributed by atoms with Gasteiger partial charge in [-0.3, -0.25) is 14.2 Å². The fourth-order valence-electron chi connectivity index (χ4n) is 3.43. The molecule has 0 saturated heterocycles. The Morgan fingerprint density at radius 3 is 2.74 bits per heavy atom. The first kappa shape index (κ1) is 20.0. The van der Waals surface area contributed by atoms with Crippen molar-refractivity contribution >= 4 is 27.5 Å². The Labute approximate surface area is 164 Å². The standard InChI is InChI=1S/C20H29N3O3S/c1-13(2)9-10-26-17(24)12-23-16(11-22(3)4)21-19-18(20(23)25)14-7-5-6-8-15(14)27-19/h13H,5-12H2,1-4H3. The lowest BCUT2D eigenvalue weighted by Gasteiger charge is -2.16. The Bertz CT molecular complexity index is 883. The summed E-state index contributed by atoms with van der Waals surface area (Å²) in [7, 11) is 3.86. The molecule has 1 aliphatic carbocycles. The van der Waals surface area contributed by atoms with Crippen LogP contribution in [0.2, 0.25) is 0 Å². The molecule has 27 heavy (non-hydrogen) atoms. The first-order valence-electron chi connectivity index (χ1n) is 9.71. The third-order valence-corrected chi connectivity index (χ3v) is 6.04. The summed E-state index contributed by atoms with van der Waals surface area (Å²) in [6, 6.07) is 0. The van der Waals surface area contributed by atoms with Crippen LogP contribution in [0.1, 0.15) is 49.4 Å². The Hall–Kier alpha value is -1.73. The number of ether oxygens (including phenoxy) is 1. The molecule has 0 radical (unpaired) electrons. The lowest BCUT2D eigenvalue weighted by molar-refractivity contribution is -0.144. The average molecular weight is 392 g/mol. The van der Waals surface area contributed by atoms with Crippen LogP contribution in [0.25, 0.3) is 10.2 Å². The number of carbonyl (C=O) groups is 1. The Balaban J connectivity index is 1.96. The van der Waals surface area contributed by atoms with Crippen molar-refractivity contribution in [2.75, 3.05) is 20.7 Å². The summed E-state index contributed by atoms with van der Waals surface area (Å²) in [6.45, 7) is 4.99. The van der Waals surface area contributed by atoms with Gasteiger partial charge in [0, 0.05) is 4.88 Å². The predicted molar refractivity (Wildman–Crippen MR) is 108 cm³/mol. The second-order valence-corrected chi connectivity index (χ2v) is 9.03. The van der Waals surface area contributed by atoms with E-state index in [1.807, 2.05) is 19.0 Å². The molecule has 0 saturated carbocycles. The molecule has 2 heterocycles. The molecule has 0 atom stereocenters. The van der Waals surface area contributed by atoms with Crippen molar-refractivity contribution in [2.24, 2.45) is 5.92 Å². The molecule has 0 fully saturated rings. The smallest absolute Gasteiger partial charge is 0.326 e. The molecule has 7 heteroatoms. The summed E-state index contributed by atoms with van der Waals surface area (Å²) in [6.07, 6.45) is 5.05. The molecule has 6 nitrogen and oxygen atoms in total. The summed E-state index contributed by atoms with van der Waals surface area (Å²) in [5, 5.41) is 0.715. The van der Waals surface area contributed by atoms with Crippen LogP contribution in [0.5, 0.6) is 0 Å². The summed E-state index contributed by atoms with van der Waals surface area (Å²) < 4.78 is 6.86. The summed E-state index contributed by atoms with van der Waals surface area (Å²) >= 11 is 1.64. The molecule has 0 amide bonds. The number of hydrogen-bond acceptors (Lipinski definition) is 6. The molecule has 2 aromatic rings. The maximum atomic E-state index is 13.3. The fraction of sp³-hybridized carbons (Fsp3) is 0.650. The van der Waals surface area contributed by atoms with Gasteiger partial charge >= 0.3 is 5.97 Å². The summed E-state index contributed by atoms with van der Waals surface area (Å²) in [5.41, 5.74) is 1.05. The highest BCUT2D eigenvalue weighted by molar-refractivity contribution is 7.18. The van der Waals surface area contributed by atoms with E-state index < -0.39 is 0 Å². The predicted octanol–water partition coefficient (Wildman–Crippen LogP) is 2.99. The number of aromatic nitrogens is 2. The Morgan fingerprint density at radius 1 is 1.30 bits per heavy atom. The molecular formula is C20H29N3O3S. The minimum atomic E-state index is -0.372. The minimum absolute atomic E-state index is 0.0757. The van der Waals surface area contributed by atoms with Crippen molar-refractivity contribution in [3.63, 3.8) is 0 Å². The highest BCUT2D eigenvalue weighted by Gasteiger charge is 2.23. The number of fused-ring (bicyclic) bond motifs is 3. The topological polar surface area (TPSA) is 64.4 Å². The molecule has 0 unspecified atom stereocenters. The SMILES string of the molecule is CC(C)CCOC(=O)Cn1c(CN(C)C)nc2sc3c(c2c1=O)CCCC3. The van der Waals surface area contributed by atoms with E-state index in [9.17, 15) is 9.59 Å². The monoisotopic (exact) mass is 391 g/mol. The zero-order valence-electron chi connectivity index (χ0n) is 16.7. The first-order valence-corrected chi connectivity index (χ1v) is 10.5. The molecule has 0 aromatic carbocycles. The number of hydrogen-bond donors (Lipinski definition) is 0. The molecule has 3 rings (SSSR count). The number of carbonyl (C=O) groups excluding carboxylic acids is 1. The molecular weight excluding hydrogens is 362 g/mol. The van der Waals surface area contributed by atoms with E-state index in [-0.39, 0.29) is 18.1 Å². The van der Waals surface area contributed by atoms with Crippen LogP contribution < -0.4 is 5.56 Å². The third-order valence-electron chi connectivity index (χ3n) is 4.86. The molecule has 1 aliphatic rings. The van der Waals surface area contributed by atoms with Crippen molar-refractivity contribution in [3.8, 4) is 0 Å². The second-order valence-electron chi connectivity index (χ2n) is 7.95. The van der Waals surface area contributed by atoms with Crippen LogP contribution in [0.3, 0.4) is 0 Å². The minimum Gasteiger partial charge on any atom is -0.464 e. The van der Waals surface area contributed by atoms with Gasteiger partial charge in [-0.1, -0.05) is 13.8 Å². The van der Waals surface area contributed by atoms with Crippen molar-refractivity contribution in [3.05, 3.63) is 26.6 Å². The maximum Gasteiger partial charge on any atom is 0.326 e. The number of rotatable bonds is 7. The van der Waals surface area contributed by atoms with Gasteiger partial charge < -0.3 is 9.64 Å². The number of aryl methyl sites for hydroxylation is 2. The van der Waals surface area contributed by atoms with Crippen LogP contribution in [0, 0.1) is 5.92 Å². The Morgan fingerprint density at radius 2 is 2.04 bits per heavy atom. The normalized spacial score (nSPS) is 14.1. The van der Waals surface area contributed by atoms with Gasteiger partial charge in [-0.2, -0.15) is 0 Å². The highest BCUT2D eigenvalue weighted by atomic mass is 32.1. The van der Waals surface area contributed by atoms with Gasteiger partial charge in [0.15, 0.2) is 0 Å². The van der Waals surface area contributed by atoms with Crippen molar-refractivity contribution in [1.82, 2.24) is 14.5 Å². The molecule has 0 spiro atoms. The number of nitrogens with zero attached hydrogens (tertiary/aromatic N) is 3. The zero-order valence-corrected chi connectivity index (χ0v) is 17.5. The van der Waals surface area contributed by atoms with Crippen LogP contribution in [-0.4, -0.2) is 41.1 Å². The molecule has 0 N–H and O–H groups in total. The van der Waals surface area contributed by atoms with E-state index in [0.717, 1.165) is 36.1 Å². The average Bonchev–Trinajstić information content (AvgIpc) is 2.95. The van der Waals surface area contributed by atoms with E-state index >= 15 is 0 Å². The third kappa shape index (κ3) is 4.58. The summed E-state index contributed by atoms with van der Waals surface area (Å²) in [5.74, 6) is 0.722. The Kier molecular flexibility index (Phi) is 6.32. The molecule has 0 bridgehead atoms. The van der Waals surface area contributed by atoms with Gasteiger partial charge in [0.1, 0.15) is 17.2 Å². The maximum absolute atomic E-state index is 13.3. The van der Waals surface area contributed by atoms with Crippen molar-refractivity contribution < 1.29 is 9.53 Å². The second kappa shape index (κ2) is 8.52. The largest absolute Gasteiger partial charge is 0.464 e. The van der Waals surface area contributed by atoms with Gasteiger partial charge in [0.05, 0.1) is 18.5 Å². The fourth-order valence-corrected chi connectivity index (χ4v) is 4.70. The van der Waals surface area contributed by atoms with Crippen molar-refractivity contribution in [2.45, 2.75) is 59.0 Å². The molecule has 0 aliphatic heterocycles. The van der Waals surface area contributed by atoms with Crippen molar-refractivity contribution in [1.29, 1.82) is 0 Å². The van der Waals surface area contributed by atoms with Gasteiger partial charge in [-0.05, 0) is 57.7 Å². The summed E-state index contributed by atoms with van der Waals surface area (Å²) in [4.78, 5) is 34.4. The number of esters is 1. The molecule has 148 valence electrons. The highest BCUT2D eigenvalue weighted by Crippen LogP contribution is 2.33. The van der Waals surface area contributed by atoms with E-state index in [1.165, 1.54) is 15.9 Å². The quantitative estimate of drug-likeness (QED) is 0.679. The van der Waals surface area contributed by atoms with E-state index in [0.29, 0.717) is 30.3 Å². The van der Waals surface area contributed by atoms with Crippen LogP contribution in [0.15, 0.2) is 4.79 Å². The first-order chi connectivity index (χ1) is 12.9. The van der Waals surface area contributed by atoms with E-state index in [1.54, 1.807) is 11.3 Å². The van der Waals surface area contributed by atoms with Gasteiger partial charge in [-0.25, -0.2) is 4.98 Å². The van der Waals surface area contributed by atoms with Crippen LogP contribution >= 0.6 is 11.3 Å². The lowest BCUT2D eigenvalue weighted by atomic mass is 9.97. The van der Waals surface area contributed by atoms with Crippen LogP contribution in [0.4, 0.5) is 0 Å². The lowest BCUT2D eigenvalue weighted by Crippen LogP contribution is -2.32. The van der Waals surface area contributed by atoms with E-state index in [2.05, 4.69) is 13.8 Å². The van der Waals surface area contributed by atoms with Gasteiger partial charge in [0.25, 0.3) is 5.56 Å². The van der Waals surface area contributed by atoms with Gasteiger partial charge in [0.2, 0.25) is 0 Å². The van der Waals surface area contributed by atoms with Gasteiger partial charge in [-0.15, -0.1) is 11.3 Å². The molecule has 2 aromatic heterocycles. The zero-order chi connectivity index (χ0) is 19.6. The van der Waals surface area contributed by atoms with Crippen LogP contribution in [-0.2, 0) is 35.5 Å². The number of thiophene rings is 1. The van der Waals surface area contributed by atoms with E-state index in [4.69, 9.17) is 9.72 Å².